The molecule has 1 atom stereocenters. The zero-order chi connectivity index (χ0) is 9.14. The second-order valence-corrected chi connectivity index (χ2v) is 3.68. The highest BCUT2D eigenvalue weighted by Crippen LogP contribution is 2.24. The minimum absolute atomic E-state index is 0.332. The topological polar surface area (TPSA) is 56.9 Å². The maximum absolute atomic E-state index is 9.27. The molecule has 0 radical (unpaired) electrons. The number of thiazole rings is 1. The van der Waals surface area contributed by atoms with Gasteiger partial charge in [-0.15, -0.1) is 11.3 Å². The summed E-state index contributed by atoms with van der Waals surface area (Å²) in [6.45, 7) is 3.55. The maximum atomic E-state index is 9.27. The molecule has 0 saturated heterocycles. The molecule has 0 spiro atoms. The highest BCUT2D eigenvalue weighted by atomic mass is 32.1. The molecule has 1 heterocycles. The molecule has 0 amide bonds. The summed E-state index contributed by atoms with van der Waals surface area (Å²) in [4.78, 5) is 5.02. The number of aliphatic hydroxyl groups excluding tert-OH is 1. The molecule has 3 nitrogen and oxygen atoms in total. The Morgan fingerprint density at radius 1 is 1.75 bits per heavy atom. The van der Waals surface area contributed by atoms with E-state index in [1.807, 2.05) is 13.0 Å². The predicted octanol–water partition coefficient (Wildman–Crippen LogP) is 1.57. The Morgan fingerprint density at radius 3 is 2.83 bits per heavy atom. The van der Waals surface area contributed by atoms with Crippen LogP contribution in [-0.2, 0) is 6.42 Å². The Hall–Kier alpha value is -0.920. The van der Waals surface area contributed by atoms with Crippen LogP contribution in [-0.4, -0.2) is 10.1 Å². The summed E-state index contributed by atoms with van der Waals surface area (Å²) in [5.74, 6) is 0. The molecule has 1 N–H and O–H groups in total. The van der Waals surface area contributed by atoms with Crippen molar-refractivity contribution in [1.29, 1.82) is 5.26 Å². The molecular weight excluding hydrogens is 172 g/mol. The monoisotopic (exact) mass is 182 g/mol. The minimum atomic E-state index is -0.477. The maximum Gasteiger partial charge on any atom is 0.107 e. The summed E-state index contributed by atoms with van der Waals surface area (Å²) in [6, 6.07) is 2.03. The Bertz CT molecular complexity index is 311. The van der Waals surface area contributed by atoms with E-state index in [-0.39, 0.29) is 0 Å². The van der Waals surface area contributed by atoms with E-state index < -0.39 is 6.10 Å². The smallest absolute Gasteiger partial charge is 0.107 e. The summed E-state index contributed by atoms with van der Waals surface area (Å²) in [7, 11) is 0. The van der Waals surface area contributed by atoms with Crippen LogP contribution in [0.2, 0.25) is 0 Å². The normalized spacial score (nSPS) is 12.5. The molecule has 1 aromatic rings. The van der Waals surface area contributed by atoms with E-state index in [1.54, 1.807) is 6.92 Å². The Morgan fingerprint density at radius 2 is 2.42 bits per heavy atom. The van der Waals surface area contributed by atoms with Crippen LogP contribution in [0.3, 0.4) is 0 Å². The third-order valence-corrected chi connectivity index (χ3v) is 2.81. The standard InChI is InChI=1S/C8H10N2OS/c1-5-8(6(2)11)12-7(10-5)3-4-9/h6,11H,3H2,1-2H3. The third kappa shape index (κ3) is 1.81. The number of aromatic nitrogens is 1. The molecule has 1 rings (SSSR count). The summed E-state index contributed by atoms with van der Waals surface area (Å²) >= 11 is 1.41. The molecule has 0 aliphatic carbocycles. The van der Waals surface area contributed by atoms with Gasteiger partial charge in [-0.3, -0.25) is 0 Å². The lowest BCUT2D eigenvalue weighted by atomic mass is 10.3. The van der Waals surface area contributed by atoms with Gasteiger partial charge in [-0.2, -0.15) is 5.26 Å². The molecule has 0 fully saturated rings. The van der Waals surface area contributed by atoms with E-state index in [0.717, 1.165) is 15.6 Å². The van der Waals surface area contributed by atoms with Crippen LogP contribution in [0.1, 0.15) is 28.6 Å². The van der Waals surface area contributed by atoms with Gasteiger partial charge < -0.3 is 5.11 Å². The number of hydrogen-bond acceptors (Lipinski definition) is 4. The second kappa shape index (κ2) is 3.65. The minimum Gasteiger partial charge on any atom is -0.388 e. The number of aryl methyl sites for hydroxylation is 1. The molecule has 12 heavy (non-hydrogen) atoms. The Balaban J connectivity index is 2.94. The molecule has 4 heteroatoms. The first-order chi connectivity index (χ1) is 5.65. The van der Waals surface area contributed by atoms with Crippen LogP contribution in [0.25, 0.3) is 0 Å². The third-order valence-electron chi connectivity index (χ3n) is 1.49. The SMILES string of the molecule is Cc1nc(CC#N)sc1C(C)O. The molecular formula is C8H10N2OS. The largest absolute Gasteiger partial charge is 0.388 e. The van der Waals surface area contributed by atoms with Crippen molar-refractivity contribution in [2.75, 3.05) is 0 Å². The fourth-order valence-corrected chi connectivity index (χ4v) is 1.93. The van der Waals surface area contributed by atoms with E-state index in [0.29, 0.717) is 6.42 Å². The summed E-state index contributed by atoms with van der Waals surface area (Å²) in [5, 5.41) is 18.5. The average Bonchev–Trinajstić information content (AvgIpc) is 2.32. The van der Waals surface area contributed by atoms with Crippen molar-refractivity contribution in [2.45, 2.75) is 26.4 Å². The van der Waals surface area contributed by atoms with E-state index in [2.05, 4.69) is 4.98 Å². The number of nitrogens with zero attached hydrogens (tertiary/aromatic N) is 2. The predicted molar refractivity (Wildman–Crippen MR) is 46.8 cm³/mol. The molecule has 0 saturated carbocycles. The number of rotatable bonds is 2. The molecule has 64 valence electrons. The van der Waals surface area contributed by atoms with E-state index in [9.17, 15) is 5.11 Å². The van der Waals surface area contributed by atoms with Crippen molar-refractivity contribution in [1.82, 2.24) is 4.98 Å². The molecule has 0 aliphatic rings. The van der Waals surface area contributed by atoms with Gasteiger partial charge in [0.05, 0.1) is 29.2 Å². The lowest BCUT2D eigenvalue weighted by Gasteiger charge is -1.98. The van der Waals surface area contributed by atoms with Crippen molar-refractivity contribution < 1.29 is 5.11 Å². The van der Waals surface area contributed by atoms with Gasteiger partial charge >= 0.3 is 0 Å². The molecule has 0 bridgehead atoms. The quantitative estimate of drug-likeness (QED) is 0.755. The molecule has 0 aliphatic heterocycles. The highest BCUT2D eigenvalue weighted by molar-refractivity contribution is 7.11. The van der Waals surface area contributed by atoms with E-state index in [4.69, 9.17) is 5.26 Å². The van der Waals surface area contributed by atoms with Gasteiger partial charge in [-0.25, -0.2) is 4.98 Å². The van der Waals surface area contributed by atoms with Crippen molar-refractivity contribution in [3.63, 3.8) is 0 Å². The lowest BCUT2D eigenvalue weighted by molar-refractivity contribution is 0.202. The fraction of sp³-hybridized carbons (Fsp3) is 0.500. The van der Waals surface area contributed by atoms with Crippen molar-refractivity contribution in [3.05, 3.63) is 15.6 Å². The van der Waals surface area contributed by atoms with Crippen LogP contribution in [0, 0.1) is 18.3 Å². The van der Waals surface area contributed by atoms with Gasteiger partial charge in [0.15, 0.2) is 0 Å². The molecule has 1 aromatic heterocycles. The number of nitriles is 1. The van der Waals surface area contributed by atoms with Crippen molar-refractivity contribution in [2.24, 2.45) is 0 Å². The first-order valence-corrected chi connectivity index (χ1v) is 4.48. The van der Waals surface area contributed by atoms with Gasteiger partial charge in [0.1, 0.15) is 5.01 Å². The van der Waals surface area contributed by atoms with Crippen molar-refractivity contribution in [3.8, 4) is 6.07 Å². The first kappa shape index (κ1) is 9.17. The molecule has 0 aromatic carbocycles. The van der Waals surface area contributed by atoms with Gasteiger partial charge in [0.2, 0.25) is 0 Å². The Labute approximate surface area is 75.3 Å². The van der Waals surface area contributed by atoms with Crippen LogP contribution >= 0.6 is 11.3 Å². The average molecular weight is 182 g/mol. The highest BCUT2D eigenvalue weighted by Gasteiger charge is 2.10. The van der Waals surface area contributed by atoms with Crippen molar-refractivity contribution >= 4 is 11.3 Å². The van der Waals surface area contributed by atoms with E-state index in [1.165, 1.54) is 11.3 Å². The summed E-state index contributed by atoms with van der Waals surface area (Å²) in [6.07, 6.45) is -0.145. The van der Waals surface area contributed by atoms with Gasteiger partial charge in [0, 0.05) is 0 Å². The van der Waals surface area contributed by atoms with Crippen LogP contribution in [0.4, 0.5) is 0 Å². The molecule has 1 unspecified atom stereocenters. The van der Waals surface area contributed by atoms with Gasteiger partial charge in [0.25, 0.3) is 0 Å². The second-order valence-electron chi connectivity index (χ2n) is 2.57. The first-order valence-electron chi connectivity index (χ1n) is 3.66. The zero-order valence-corrected chi connectivity index (χ0v) is 7.85. The fourth-order valence-electron chi connectivity index (χ4n) is 0.997. The lowest BCUT2D eigenvalue weighted by Crippen LogP contribution is -1.88. The van der Waals surface area contributed by atoms with Gasteiger partial charge in [-0.05, 0) is 13.8 Å². The zero-order valence-electron chi connectivity index (χ0n) is 7.03. The van der Waals surface area contributed by atoms with Crippen LogP contribution in [0.5, 0.6) is 0 Å². The Kier molecular flexibility index (Phi) is 2.79. The summed E-state index contributed by atoms with van der Waals surface area (Å²) < 4.78 is 0. The van der Waals surface area contributed by atoms with Crippen LogP contribution in [0.15, 0.2) is 0 Å². The van der Waals surface area contributed by atoms with Gasteiger partial charge in [-0.1, -0.05) is 0 Å². The van der Waals surface area contributed by atoms with E-state index >= 15 is 0 Å². The summed E-state index contributed by atoms with van der Waals surface area (Å²) in [5.41, 5.74) is 0.834. The van der Waals surface area contributed by atoms with Crippen LogP contribution < -0.4 is 0 Å². The number of hydrogen-bond donors (Lipinski definition) is 1. The number of aliphatic hydroxyl groups is 1.